The summed E-state index contributed by atoms with van der Waals surface area (Å²) in [6.07, 6.45) is 3.13. The van der Waals surface area contributed by atoms with Gasteiger partial charge in [-0.1, -0.05) is 6.07 Å². The normalized spacial score (nSPS) is 13.8. The number of nitrogens with one attached hydrogen (secondary N) is 1. The van der Waals surface area contributed by atoms with Gasteiger partial charge in [-0.25, -0.2) is 4.79 Å². The lowest BCUT2D eigenvalue weighted by Gasteiger charge is -2.09. The number of benzene rings is 2. The van der Waals surface area contributed by atoms with Crippen LogP contribution >= 0.6 is 0 Å². The van der Waals surface area contributed by atoms with Gasteiger partial charge in [0.2, 0.25) is 0 Å². The average molecular weight is 421 g/mol. The van der Waals surface area contributed by atoms with Crippen LogP contribution in [0.1, 0.15) is 23.3 Å². The summed E-state index contributed by atoms with van der Waals surface area (Å²) in [5, 5.41) is 11.4. The van der Waals surface area contributed by atoms with Crippen molar-refractivity contribution in [1.82, 2.24) is 0 Å². The summed E-state index contributed by atoms with van der Waals surface area (Å²) < 4.78 is 16.6. The van der Waals surface area contributed by atoms with E-state index in [1.165, 1.54) is 18.2 Å². The van der Waals surface area contributed by atoms with Gasteiger partial charge >= 0.3 is 11.9 Å². The van der Waals surface area contributed by atoms with Crippen molar-refractivity contribution in [1.29, 1.82) is 0 Å². The van der Waals surface area contributed by atoms with Crippen LogP contribution in [0.3, 0.4) is 0 Å². The molecule has 3 aromatic rings. The standard InChI is InChI=1S/C23H19NO7/c1-29-17-8-3-12(10-19(17)30-2)9-13-4-6-16-20(25)15-7-5-14(24-22(26)23(27)28)11-18(15)31-21(13)16/h3,5,7-11H,4,6H2,1-2H3,(H,24,26)(H,27,28). The number of carboxylic acid groups (broad SMARTS) is 1. The third kappa shape index (κ3) is 3.75. The second-order valence-corrected chi connectivity index (χ2v) is 6.99. The molecule has 1 aliphatic carbocycles. The molecule has 158 valence electrons. The van der Waals surface area contributed by atoms with E-state index in [0.29, 0.717) is 41.1 Å². The van der Waals surface area contributed by atoms with Crippen molar-refractivity contribution in [3.63, 3.8) is 0 Å². The maximum Gasteiger partial charge on any atom is 0.394 e. The maximum atomic E-state index is 12.9. The van der Waals surface area contributed by atoms with Gasteiger partial charge in [0.05, 0.1) is 19.6 Å². The molecule has 1 aromatic heterocycles. The minimum Gasteiger partial charge on any atom is -0.493 e. The Morgan fingerprint density at radius 2 is 1.84 bits per heavy atom. The number of fused-ring (bicyclic) bond motifs is 2. The molecular formula is C23H19NO7. The van der Waals surface area contributed by atoms with Crippen molar-refractivity contribution in [2.75, 3.05) is 19.5 Å². The van der Waals surface area contributed by atoms with Crippen LogP contribution < -0.4 is 20.2 Å². The third-order valence-corrected chi connectivity index (χ3v) is 5.12. The van der Waals surface area contributed by atoms with Crippen LogP contribution in [-0.4, -0.2) is 31.2 Å². The Hall–Kier alpha value is -4.07. The number of rotatable bonds is 4. The van der Waals surface area contributed by atoms with Gasteiger partial charge in [-0.3, -0.25) is 9.59 Å². The Balaban J connectivity index is 1.77. The van der Waals surface area contributed by atoms with Crippen molar-refractivity contribution in [2.45, 2.75) is 12.8 Å². The summed E-state index contributed by atoms with van der Waals surface area (Å²) in [5.41, 5.74) is 2.69. The Morgan fingerprint density at radius 1 is 1.06 bits per heavy atom. The molecule has 0 fully saturated rings. The lowest BCUT2D eigenvalue weighted by atomic mass is 10.1. The second-order valence-electron chi connectivity index (χ2n) is 6.99. The molecule has 2 N–H and O–H groups in total. The summed E-state index contributed by atoms with van der Waals surface area (Å²) in [6.45, 7) is 0. The van der Waals surface area contributed by atoms with E-state index in [9.17, 15) is 14.4 Å². The van der Waals surface area contributed by atoms with Gasteiger partial charge < -0.3 is 24.3 Å². The van der Waals surface area contributed by atoms with Crippen molar-refractivity contribution < 1.29 is 28.6 Å². The Labute approximate surface area is 176 Å². The fourth-order valence-corrected chi connectivity index (χ4v) is 3.64. The van der Waals surface area contributed by atoms with Gasteiger partial charge in [-0.05, 0) is 54.3 Å². The first kappa shape index (κ1) is 20.2. The van der Waals surface area contributed by atoms with Gasteiger partial charge in [0, 0.05) is 17.3 Å². The van der Waals surface area contributed by atoms with Crippen molar-refractivity contribution in [2.24, 2.45) is 0 Å². The topological polar surface area (TPSA) is 115 Å². The lowest BCUT2D eigenvalue weighted by Crippen LogP contribution is -2.21. The molecule has 8 heteroatoms. The minimum atomic E-state index is -1.60. The highest BCUT2D eigenvalue weighted by molar-refractivity contribution is 6.36. The summed E-state index contributed by atoms with van der Waals surface area (Å²) in [5.74, 6) is -1.07. The number of carboxylic acids is 1. The molecule has 1 heterocycles. The number of carbonyl (C=O) groups excluding carboxylic acids is 1. The number of hydrogen-bond donors (Lipinski definition) is 2. The summed E-state index contributed by atoms with van der Waals surface area (Å²) in [7, 11) is 3.13. The van der Waals surface area contributed by atoms with Crippen LogP contribution in [0.15, 0.2) is 45.6 Å². The molecule has 2 aromatic carbocycles. The largest absolute Gasteiger partial charge is 0.493 e. The number of hydrogen-bond acceptors (Lipinski definition) is 6. The predicted octanol–water partition coefficient (Wildman–Crippen LogP) is 3.32. The molecule has 0 unspecified atom stereocenters. The quantitative estimate of drug-likeness (QED) is 0.621. The zero-order chi connectivity index (χ0) is 22.1. The first-order valence-electron chi connectivity index (χ1n) is 9.48. The van der Waals surface area contributed by atoms with Gasteiger partial charge in [-0.15, -0.1) is 0 Å². The number of methoxy groups -OCH3 is 2. The lowest BCUT2D eigenvalue weighted by molar-refractivity contribution is -0.147. The van der Waals surface area contributed by atoms with E-state index in [0.717, 1.165) is 11.1 Å². The third-order valence-electron chi connectivity index (χ3n) is 5.12. The number of amides is 1. The predicted molar refractivity (Wildman–Crippen MR) is 114 cm³/mol. The van der Waals surface area contributed by atoms with Gasteiger partial charge in [-0.2, -0.15) is 0 Å². The molecule has 1 amide bonds. The number of aliphatic carboxylic acids is 1. The Bertz CT molecular complexity index is 1300. The molecule has 4 rings (SSSR count). The summed E-state index contributed by atoms with van der Waals surface area (Å²) in [4.78, 5) is 35.1. The van der Waals surface area contributed by atoms with Gasteiger partial charge in [0.15, 0.2) is 16.9 Å². The second kappa shape index (κ2) is 7.98. The summed E-state index contributed by atoms with van der Waals surface area (Å²) >= 11 is 0. The van der Waals surface area contributed by atoms with Crippen LogP contribution in [0.5, 0.6) is 11.5 Å². The van der Waals surface area contributed by atoms with Crippen LogP contribution in [0.2, 0.25) is 0 Å². The monoisotopic (exact) mass is 421 g/mol. The average Bonchev–Trinajstić information content (AvgIpc) is 3.16. The van der Waals surface area contributed by atoms with E-state index in [-0.39, 0.29) is 16.7 Å². The number of carbonyl (C=O) groups is 2. The highest BCUT2D eigenvalue weighted by atomic mass is 16.5. The fourth-order valence-electron chi connectivity index (χ4n) is 3.64. The molecule has 31 heavy (non-hydrogen) atoms. The molecule has 0 atom stereocenters. The zero-order valence-corrected chi connectivity index (χ0v) is 16.9. The first-order chi connectivity index (χ1) is 14.9. The summed E-state index contributed by atoms with van der Waals surface area (Å²) in [6, 6.07) is 9.96. The zero-order valence-electron chi connectivity index (χ0n) is 16.9. The SMILES string of the molecule is COc1ccc(C=C2CCc3c2oc2cc(NC(=O)C(=O)O)ccc2c3=O)cc1OC. The van der Waals surface area contributed by atoms with E-state index < -0.39 is 11.9 Å². The number of anilines is 1. The Morgan fingerprint density at radius 3 is 2.55 bits per heavy atom. The number of ether oxygens (including phenoxy) is 2. The molecular weight excluding hydrogens is 402 g/mol. The Kier molecular flexibility index (Phi) is 5.21. The number of allylic oxidation sites excluding steroid dienone is 1. The van der Waals surface area contributed by atoms with E-state index >= 15 is 0 Å². The maximum absolute atomic E-state index is 12.9. The van der Waals surface area contributed by atoms with Gasteiger partial charge in [0.1, 0.15) is 11.3 Å². The van der Waals surface area contributed by atoms with E-state index in [1.807, 2.05) is 18.2 Å². The fraction of sp³-hybridized carbons (Fsp3) is 0.174. The van der Waals surface area contributed by atoms with E-state index in [4.69, 9.17) is 19.0 Å². The first-order valence-corrected chi connectivity index (χ1v) is 9.48. The van der Waals surface area contributed by atoms with Crippen molar-refractivity contribution >= 4 is 40.2 Å². The van der Waals surface area contributed by atoms with Crippen LogP contribution in [0.25, 0.3) is 22.6 Å². The van der Waals surface area contributed by atoms with Crippen molar-refractivity contribution in [3.8, 4) is 11.5 Å². The smallest absolute Gasteiger partial charge is 0.394 e. The molecule has 0 bridgehead atoms. The molecule has 0 saturated heterocycles. The molecule has 0 spiro atoms. The van der Waals surface area contributed by atoms with E-state index in [1.54, 1.807) is 20.3 Å². The molecule has 8 nitrogen and oxygen atoms in total. The molecule has 0 aliphatic heterocycles. The van der Waals surface area contributed by atoms with Gasteiger partial charge in [0.25, 0.3) is 0 Å². The molecule has 0 saturated carbocycles. The highest BCUT2D eigenvalue weighted by Crippen LogP contribution is 2.36. The van der Waals surface area contributed by atoms with Crippen LogP contribution in [-0.2, 0) is 16.0 Å². The minimum absolute atomic E-state index is 0.136. The highest BCUT2D eigenvalue weighted by Gasteiger charge is 2.24. The van der Waals surface area contributed by atoms with E-state index in [2.05, 4.69) is 5.32 Å². The molecule has 0 radical (unpaired) electrons. The van der Waals surface area contributed by atoms with Crippen LogP contribution in [0.4, 0.5) is 5.69 Å². The van der Waals surface area contributed by atoms with Crippen LogP contribution in [0, 0.1) is 0 Å². The van der Waals surface area contributed by atoms with Crippen molar-refractivity contribution in [3.05, 3.63) is 63.5 Å². The molecule has 1 aliphatic rings.